The number of aryl methyl sites for hydroxylation is 1. The number of alkyl halides is 3. The van der Waals surface area contributed by atoms with E-state index < -0.39 is 26.8 Å². The number of hydrogen-bond donors (Lipinski definition) is 2. The number of benzene rings is 3. The number of halogens is 3. The molecule has 1 aromatic heterocycles. The Morgan fingerprint density at radius 2 is 1.91 bits per heavy atom. The summed E-state index contributed by atoms with van der Waals surface area (Å²) in [7, 11) is -4.67. The largest absolute Gasteiger partial charge is 0.454 e. The molecule has 2 aliphatic heterocycles. The first-order valence-electron chi connectivity index (χ1n) is 13.7. The molecule has 1 fully saturated rings. The first kappa shape index (κ1) is 29.5. The molecule has 0 saturated carbocycles. The molecule has 0 unspecified atom stereocenters. The number of ether oxygens (including phenoxy) is 2. The molecule has 14 heteroatoms. The van der Waals surface area contributed by atoms with Gasteiger partial charge in [-0.3, -0.25) is 9.48 Å². The van der Waals surface area contributed by atoms with Gasteiger partial charge in [-0.25, -0.2) is 0 Å². The Kier molecular flexibility index (Phi) is 7.72. The second kappa shape index (κ2) is 11.5. The van der Waals surface area contributed by atoms with Crippen LogP contribution >= 0.6 is 0 Å². The molecular weight excluding hydrogens is 601 g/mol. The fourth-order valence-corrected chi connectivity index (χ4v) is 6.05. The minimum atomic E-state index is -4.74. The Hall–Kier alpha value is -4.56. The molecule has 1 amide bonds. The highest BCUT2D eigenvalue weighted by Crippen LogP contribution is 2.39. The zero-order valence-electron chi connectivity index (χ0n) is 23.3. The Balaban J connectivity index is 1.38. The highest BCUT2D eigenvalue weighted by molar-refractivity contribution is 7.87. The number of hydrogen-bond acceptors (Lipinski definition) is 8. The van der Waals surface area contributed by atoms with E-state index in [1.807, 2.05) is 0 Å². The molecule has 2 aliphatic rings. The summed E-state index contributed by atoms with van der Waals surface area (Å²) in [6, 6.07) is 15.0. The molecule has 44 heavy (non-hydrogen) atoms. The van der Waals surface area contributed by atoms with Crippen molar-refractivity contribution in [1.82, 2.24) is 20.4 Å². The van der Waals surface area contributed by atoms with Gasteiger partial charge in [-0.05, 0) is 74.5 Å². The lowest BCUT2D eigenvalue weighted by Gasteiger charge is -2.13. The van der Waals surface area contributed by atoms with Crippen LogP contribution in [0.4, 0.5) is 13.2 Å². The third-order valence-corrected chi connectivity index (χ3v) is 8.46. The highest BCUT2D eigenvalue weighted by Gasteiger charge is 2.32. The second-order valence-electron chi connectivity index (χ2n) is 10.5. The summed E-state index contributed by atoms with van der Waals surface area (Å²) in [5.74, 6) is 0.685. The van der Waals surface area contributed by atoms with Crippen LogP contribution < -0.4 is 24.3 Å². The highest BCUT2D eigenvalue weighted by atomic mass is 32.2. The average molecular weight is 629 g/mol. The van der Waals surface area contributed by atoms with Crippen LogP contribution in [-0.4, -0.2) is 50.0 Å². The van der Waals surface area contributed by atoms with Gasteiger partial charge in [0.2, 0.25) is 12.7 Å². The van der Waals surface area contributed by atoms with Crippen molar-refractivity contribution in [3.63, 3.8) is 0 Å². The van der Waals surface area contributed by atoms with Crippen molar-refractivity contribution in [2.75, 3.05) is 19.9 Å². The third kappa shape index (κ3) is 6.21. The summed E-state index contributed by atoms with van der Waals surface area (Å²) in [5.41, 5.74) is 1.37. The SMILES string of the molecule is Cc1ccc(OS(=O)(=O)c2cccc(C(F)(F)F)c2)c(-c2cc(-c3ccc4c(c3)OCO4)n(CC(=O)N[C@@H]3CCNC3)n2)c1. The molecule has 4 aromatic rings. The van der Waals surface area contributed by atoms with Crippen molar-refractivity contribution in [1.29, 1.82) is 0 Å². The Morgan fingerprint density at radius 3 is 2.68 bits per heavy atom. The van der Waals surface area contributed by atoms with E-state index in [0.29, 0.717) is 35.4 Å². The number of nitrogens with zero attached hydrogens (tertiary/aromatic N) is 2. The van der Waals surface area contributed by atoms with E-state index in [1.54, 1.807) is 43.3 Å². The number of rotatable bonds is 8. The molecule has 230 valence electrons. The van der Waals surface area contributed by atoms with E-state index in [9.17, 15) is 26.4 Å². The first-order valence-corrected chi connectivity index (χ1v) is 15.1. The molecule has 3 aromatic carbocycles. The monoisotopic (exact) mass is 628 g/mol. The molecule has 1 atom stereocenters. The molecule has 10 nitrogen and oxygen atoms in total. The van der Waals surface area contributed by atoms with Crippen LogP contribution in [0.25, 0.3) is 22.5 Å². The molecule has 0 radical (unpaired) electrons. The van der Waals surface area contributed by atoms with E-state index in [4.69, 9.17) is 13.7 Å². The fraction of sp³-hybridized carbons (Fsp3) is 0.267. The van der Waals surface area contributed by atoms with Gasteiger partial charge in [-0.1, -0.05) is 17.7 Å². The van der Waals surface area contributed by atoms with Crippen molar-refractivity contribution < 1.29 is 40.0 Å². The Bertz CT molecular complexity index is 1830. The van der Waals surface area contributed by atoms with Crippen LogP contribution in [0.2, 0.25) is 0 Å². The number of aromatic nitrogens is 2. The summed E-state index contributed by atoms with van der Waals surface area (Å²) < 4.78 is 84.0. The van der Waals surface area contributed by atoms with Crippen LogP contribution in [0.5, 0.6) is 17.2 Å². The summed E-state index contributed by atoms with van der Waals surface area (Å²) in [6.07, 6.45) is -3.94. The van der Waals surface area contributed by atoms with Crippen LogP contribution in [0.3, 0.4) is 0 Å². The van der Waals surface area contributed by atoms with E-state index in [-0.39, 0.29) is 42.3 Å². The van der Waals surface area contributed by atoms with Gasteiger partial charge in [0.25, 0.3) is 0 Å². The van der Waals surface area contributed by atoms with Gasteiger partial charge in [-0.2, -0.15) is 26.7 Å². The molecule has 0 spiro atoms. The van der Waals surface area contributed by atoms with E-state index in [0.717, 1.165) is 36.7 Å². The van der Waals surface area contributed by atoms with Gasteiger partial charge in [0.1, 0.15) is 11.4 Å². The summed E-state index contributed by atoms with van der Waals surface area (Å²) >= 11 is 0. The van der Waals surface area contributed by atoms with Gasteiger partial charge in [0, 0.05) is 23.7 Å². The Labute approximate surface area is 250 Å². The van der Waals surface area contributed by atoms with Crippen molar-refractivity contribution in [3.8, 4) is 39.8 Å². The van der Waals surface area contributed by atoms with Gasteiger partial charge < -0.3 is 24.3 Å². The smallest absolute Gasteiger partial charge is 0.416 e. The molecule has 0 bridgehead atoms. The number of carbonyl (C=O) groups excluding carboxylic acids is 1. The van der Waals surface area contributed by atoms with Gasteiger partial charge in [-0.15, -0.1) is 0 Å². The molecule has 1 saturated heterocycles. The number of amides is 1. The van der Waals surface area contributed by atoms with Crippen LogP contribution in [-0.2, 0) is 27.6 Å². The minimum absolute atomic E-state index is 0.00986. The normalized spacial score (nSPS) is 16.2. The van der Waals surface area contributed by atoms with Gasteiger partial charge >= 0.3 is 16.3 Å². The number of nitrogens with one attached hydrogen (secondary N) is 2. The number of fused-ring (bicyclic) bond motifs is 1. The molecule has 2 N–H and O–H groups in total. The van der Waals surface area contributed by atoms with E-state index in [1.165, 1.54) is 10.7 Å². The minimum Gasteiger partial charge on any atom is -0.454 e. The summed E-state index contributed by atoms with van der Waals surface area (Å²) in [6.45, 7) is 3.19. The topological polar surface area (TPSA) is 121 Å². The van der Waals surface area contributed by atoms with Gasteiger partial charge in [0.05, 0.1) is 17.0 Å². The standard InChI is InChI=1S/C30H27F3N4O6S/c1-18-5-7-26(43-44(39,40)22-4-2-3-20(13-22)30(31,32)33)23(11-18)24-14-25(19-6-8-27-28(12-19)42-17-41-27)37(36-24)16-29(38)35-21-9-10-34-15-21/h2-8,11-14,21,34H,9-10,15-17H2,1H3,(H,35,38)/t21-/m1/s1. The molecule has 0 aliphatic carbocycles. The van der Waals surface area contributed by atoms with Crippen molar-refractivity contribution in [3.05, 3.63) is 77.9 Å². The molecule has 3 heterocycles. The van der Waals surface area contributed by atoms with Crippen molar-refractivity contribution in [2.45, 2.75) is 37.0 Å². The lowest BCUT2D eigenvalue weighted by molar-refractivity contribution is -0.137. The van der Waals surface area contributed by atoms with Crippen molar-refractivity contribution >= 4 is 16.0 Å². The average Bonchev–Trinajstić information content (AvgIpc) is 3.75. The molecule has 6 rings (SSSR count). The fourth-order valence-electron chi connectivity index (χ4n) is 5.06. The molecular formula is C30H27F3N4O6S. The van der Waals surface area contributed by atoms with E-state index >= 15 is 0 Å². The van der Waals surface area contributed by atoms with Crippen LogP contribution in [0.1, 0.15) is 17.5 Å². The maximum absolute atomic E-state index is 13.3. The zero-order chi connectivity index (χ0) is 31.1. The maximum Gasteiger partial charge on any atom is 0.416 e. The summed E-state index contributed by atoms with van der Waals surface area (Å²) in [4.78, 5) is 12.4. The second-order valence-corrected chi connectivity index (χ2v) is 12.0. The lowest BCUT2D eigenvalue weighted by atomic mass is 10.1. The quantitative estimate of drug-likeness (QED) is 0.274. The lowest BCUT2D eigenvalue weighted by Crippen LogP contribution is -2.38. The van der Waals surface area contributed by atoms with Crippen LogP contribution in [0.15, 0.2) is 71.6 Å². The van der Waals surface area contributed by atoms with Gasteiger partial charge in [0.15, 0.2) is 17.2 Å². The maximum atomic E-state index is 13.3. The van der Waals surface area contributed by atoms with Crippen LogP contribution in [0, 0.1) is 6.92 Å². The third-order valence-electron chi connectivity index (χ3n) is 7.23. The van der Waals surface area contributed by atoms with E-state index in [2.05, 4.69) is 15.7 Å². The predicted octanol–water partition coefficient (Wildman–Crippen LogP) is 4.52. The zero-order valence-corrected chi connectivity index (χ0v) is 24.2. The summed E-state index contributed by atoms with van der Waals surface area (Å²) in [5, 5.41) is 10.8. The number of carbonyl (C=O) groups is 1. The predicted molar refractivity (Wildman–Crippen MR) is 153 cm³/mol. The Morgan fingerprint density at radius 1 is 1.09 bits per heavy atom. The van der Waals surface area contributed by atoms with Crippen molar-refractivity contribution in [2.24, 2.45) is 0 Å². The first-order chi connectivity index (χ1) is 21.0.